The molecule has 0 aromatic carbocycles. The molecule has 0 amide bonds. The van der Waals surface area contributed by atoms with Crippen molar-refractivity contribution in [2.75, 3.05) is 39.8 Å². The van der Waals surface area contributed by atoms with Gasteiger partial charge in [0.15, 0.2) is 0 Å². The number of rotatable bonds is 2. The van der Waals surface area contributed by atoms with E-state index in [4.69, 9.17) is 10.5 Å². The molecular formula is C14H29N3O. The van der Waals surface area contributed by atoms with E-state index in [0.29, 0.717) is 12.1 Å². The Morgan fingerprint density at radius 1 is 1.28 bits per heavy atom. The van der Waals surface area contributed by atoms with E-state index >= 15 is 0 Å². The largest absolute Gasteiger partial charge is 0.376 e. The van der Waals surface area contributed by atoms with Gasteiger partial charge in [-0.2, -0.15) is 0 Å². The van der Waals surface area contributed by atoms with Crippen molar-refractivity contribution in [3.05, 3.63) is 0 Å². The summed E-state index contributed by atoms with van der Waals surface area (Å²) in [5.41, 5.74) is 6.39. The maximum absolute atomic E-state index is 6.19. The zero-order valence-electron chi connectivity index (χ0n) is 12.2. The first-order chi connectivity index (χ1) is 8.57. The lowest BCUT2D eigenvalue weighted by molar-refractivity contribution is -0.0960. The van der Waals surface area contributed by atoms with Gasteiger partial charge in [0.25, 0.3) is 0 Å². The summed E-state index contributed by atoms with van der Waals surface area (Å²) in [6.45, 7) is 9.47. The van der Waals surface area contributed by atoms with Crippen LogP contribution in [0.2, 0.25) is 0 Å². The monoisotopic (exact) mass is 255 g/mol. The van der Waals surface area contributed by atoms with Crippen molar-refractivity contribution in [2.45, 2.75) is 50.8 Å². The topological polar surface area (TPSA) is 41.7 Å². The fraction of sp³-hybridized carbons (Fsp3) is 1.00. The van der Waals surface area contributed by atoms with Crippen molar-refractivity contribution in [1.29, 1.82) is 0 Å². The predicted octanol–water partition coefficient (Wildman–Crippen LogP) is 0.909. The summed E-state index contributed by atoms with van der Waals surface area (Å²) in [5, 5.41) is 0. The normalized spacial score (nSPS) is 40.7. The zero-order chi connectivity index (χ0) is 13.2. The van der Waals surface area contributed by atoms with Gasteiger partial charge < -0.3 is 15.4 Å². The Morgan fingerprint density at radius 3 is 2.78 bits per heavy atom. The van der Waals surface area contributed by atoms with E-state index in [-0.39, 0.29) is 5.54 Å². The molecule has 0 bridgehead atoms. The van der Waals surface area contributed by atoms with Crippen molar-refractivity contribution in [2.24, 2.45) is 5.73 Å². The Bertz CT molecular complexity index is 274. The molecule has 0 spiro atoms. The minimum Gasteiger partial charge on any atom is -0.376 e. The predicted molar refractivity (Wildman–Crippen MR) is 74.7 cm³/mol. The Hall–Kier alpha value is -0.160. The lowest BCUT2D eigenvalue weighted by atomic mass is 9.86. The van der Waals surface area contributed by atoms with Gasteiger partial charge in [-0.15, -0.1) is 0 Å². The number of hydrogen-bond acceptors (Lipinski definition) is 4. The third-order valence-corrected chi connectivity index (χ3v) is 4.74. The van der Waals surface area contributed by atoms with Crippen molar-refractivity contribution >= 4 is 0 Å². The second-order valence-corrected chi connectivity index (χ2v) is 6.23. The summed E-state index contributed by atoms with van der Waals surface area (Å²) in [4.78, 5) is 5.08. The highest BCUT2D eigenvalue weighted by molar-refractivity contribution is 4.98. The number of likely N-dealkylation sites (tertiary alicyclic amines) is 1. The molecule has 0 aliphatic carbocycles. The smallest absolute Gasteiger partial charge is 0.0675 e. The molecule has 4 nitrogen and oxygen atoms in total. The summed E-state index contributed by atoms with van der Waals surface area (Å²) in [7, 11) is 2.22. The van der Waals surface area contributed by atoms with E-state index in [0.717, 1.165) is 26.2 Å². The highest BCUT2D eigenvalue weighted by Crippen LogP contribution is 2.31. The summed E-state index contributed by atoms with van der Waals surface area (Å²) >= 11 is 0. The Morgan fingerprint density at radius 2 is 2.06 bits per heavy atom. The van der Waals surface area contributed by atoms with E-state index in [2.05, 4.69) is 30.7 Å². The molecular weight excluding hydrogens is 226 g/mol. The Balaban J connectivity index is 2.14. The second-order valence-electron chi connectivity index (χ2n) is 6.23. The van der Waals surface area contributed by atoms with Gasteiger partial charge in [0.1, 0.15) is 0 Å². The standard InChI is InChI=1S/C14H29N3O/c1-12-10-18-13(2)9-17(12)14(11-15)5-4-7-16(3)8-6-14/h12-13H,4-11,15H2,1-3H3. The number of morpholine rings is 1. The first kappa shape index (κ1) is 14.3. The molecule has 2 saturated heterocycles. The Labute approximate surface area is 111 Å². The van der Waals surface area contributed by atoms with Crippen LogP contribution in [0.25, 0.3) is 0 Å². The minimum absolute atomic E-state index is 0.197. The molecule has 0 radical (unpaired) electrons. The van der Waals surface area contributed by atoms with Gasteiger partial charge in [-0.3, -0.25) is 4.90 Å². The lowest BCUT2D eigenvalue weighted by Gasteiger charge is -2.50. The van der Waals surface area contributed by atoms with Crippen molar-refractivity contribution in [3.63, 3.8) is 0 Å². The second kappa shape index (κ2) is 5.87. The summed E-state index contributed by atoms with van der Waals surface area (Å²) in [6.07, 6.45) is 4.01. The maximum Gasteiger partial charge on any atom is 0.0675 e. The summed E-state index contributed by atoms with van der Waals surface area (Å²) in [6, 6.07) is 0.494. The van der Waals surface area contributed by atoms with Crippen molar-refractivity contribution in [1.82, 2.24) is 9.80 Å². The number of nitrogens with zero attached hydrogens (tertiary/aromatic N) is 2. The van der Waals surface area contributed by atoms with Gasteiger partial charge in [-0.25, -0.2) is 0 Å². The van der Waals surface area contributed by atoms with Crippen LogP contribution in [-0.2, 0) is 4.74 Å². The van der Waals surface area contributed by atoms with Crippen LogP contribution in [0.1, 0.15) is 33.1 Å². The molecule has 0 saturated carbocycles. The fourth-order valence-electron chi connectivity index (χ4n) is 3.49. The molecule has 2 fully saturated rings. The van der Waals surface area contributed by atoms with Crippen molar-refractivity contribution < 1.29 is 4.74 Å². The first-order valence-corrected chi connectivity index (χ1v) is 7.34. The van der Waals surface area contributed by atoms with Crippen LogP contribution >= 0.6 is 0 Å². The van der Waals surface area contributed by atoms with E-state index in [9.17, 15) is 0 Å². The minimum atomic E-state index is 0.197. The highest BCUT2D eigenvalue weighted by Gasteiger charge is 2.41. The van der Waals surface area contributed by atoms with E-state index in [1.807, 2.05) is 0 Å². The molecule has 2 rings (SSSR count). The third-order valence-electron chi connectivity index (χ3n) is 4.74. The zero-order valence-corrected chi connectivity index (χ0v) is 12.2. The quantitative estimate of drug-likeness (QED) is 0.796. The number of ether oxygens (including phenoxy) is 1. The fourth-order valence-corrected chi connectivity index (χ4v) is 3.49. The molecule has 0 aromatic heterocycles. The molecule has 106 valence electrons. The van der Waals surface area contributed by atoms with E-state index < -0.39 is 0 Å². The number of hydrogen-bond donors (Lipinski definition) is 1. The van der Waals surface area contributed by atoms with Gasteiger partial charge in [0, 0.05) is 24.7 Å². The van der Waals surface area contributed by atoms with Gasteiger partial charge in [-0.1, -0.05) is 0 Å². The van der Waals surface area contributed by atoms with Gasteiger partial charge in [-0.05, 0) is 53.2 Å². The molecule has 4 heteroatoms. The maximum atomic E-state index is 6.19. The molecule has 2 heterocycles. The van der Waals surface area contributed by atoms with Gasteiger partial charge in [0.05, 0.1) is 12.7 Å². The van der Waals surface area contributed by atoms with Crippen LogP contribution < -0.4 is 5.73 Å². The van der Waals surface area contributed by atoms with Crippen LogP contribution in [0.15, 0.2) is 0 Å². The van der Waals surface area contributed by atoms with E-state index in [1.165, 1.54) is 25.8 Å². The van der Waals surface area contributed by atoms with Gasteiger partial charge in [0.2, 0.25) is 0 Å². The molecule has 18 heavy (non-hydrogen) atoms. The Kier molecular flexibility index (Phi) is 4.64. The van der Waals surface area contributed by atoms with Crippen molar-refractivity contribution in [3.8, 4) is 0 Å². The molecule has 3 unspecified atom stereocenters. The van der Waals surface area contributed by atoms with Crippen LogP contribution in [0, 0.1) is 0 Å². The SMILES string of the molecule is CC1CN(C2(CN)CCCN(C)CC2)C(C)CO1. The van der Waals surface area contributed by atoms with Crippen LogP contribution in [-0.4, -0.2) is 67.3 Å². The molecule has 2 aliphatic heterocycles. The number of nitrogens with two attached hydrogens (primary N) is 1. The average molecular weight is 255 g/mol. The van der Waals surface area contributed by atoms with Crippen LogP contribution in [0.5, 0.6) is 0 Å². The summed E-state index contributed by atoms with van der Waals surface area (Å²) < 4.78 is 5.76. The molecule has 0 aromatic rings. The highest BCUT2D eigenvalue weighted by atomic mass is 16.5. The van der Waals surface area contributed by atoms with Crippen LogP contribution in [0.3, 0.4) is 0 Å². The van der Waals surface area contributed by atoms with Crippen LogP contribution in [0.4, 0.5) is 0 Å². The molecule has 3 atom stereocenters. The summed E-state index contributed by atoms with van der Waals surface area (Å²) in [5.74, 6) is 0. The average Bonchev–Trinajstić information content (AvgIpc) is 2.55. The lowest BCUT2D eigenvalue weighted by Crippen LogP contribution is -2.62. The third kappa shape index (κ3) is 2.87. The van der Waals surface area contributed by atoms with E-state index in [1.54, 1.807) is 0 Å². The molecule has 2 aliphatic rings. The molecule has 2 N–H and O–H groups in total. The van der Waals surface area contributed by atoms with Gasteiger partial charge >= 0.3 is 0 Å². The first-order valence-electron chi connectivity index (χ1n) is 7.34.